The second-order valence-electron chi connectivity index (χ2n) is 7.48. The number of nitrogens with zero attached hydrogens (tertiary/aromatic N) is 1. The van der Waals surface area contributed by atoms with Crippen LogP contribution in [0.4, 0.5) is 18.0 Å². The number of likely N-dealkylation sites (tertiary alicyclic amines) is 1. The molecule has 1 amide bonds. The molecule has 186 valence electrons. The first-order chi connectivity index (χ1) is 15.8. The summed E-state index contributed by atoms with van der Waals surface area (Å²) in [5.74, 6) is 0.351. The van der Waals surface area contributed by atoms with Gasteiger partial charge in [0, 0.05) is 19.1 Å². The highest BCUT2D eigenvalue weighted by Crippen LogP contribution is 2.36. The minimum Gasteiger partial charge on any atom is -0.530 e. The highest BCUT2D eigenvalue weighted by Gasteiger charge is 2.39. The van der Waals surface area contributed by atoms with E-state index in [0.29, 0.717) is 23.9 Å². The van der Waals surface area contributed by atoms with Crippen molar-refractivity contribution in [1.82, 2.24) is 9.62 Å². The zero-order valence-electron chi connectivity index (χ0n) is 17.7. The lowest BCUT2D eigenvalue weighted by Gasteiger charge is -2.33. The van der Waals surface area contributed by atoms with Crippen LogP contribution in [0, 0.1) is 0 Å². The Balaban J connectivity index is 1.99. The molecule has 9 nitrogen and oxygen atoms in total. The molecular formula is C20H20F3N2O7S2-. The van der Waals surface area contributed by atoms with Gasteiger partial charge in [0.1, 0.15) is 11.8 Å². The fourth-order valence-corrected chi connectivity index (χ4v) is 6.40. The van der Waals surface area contributed by atoms with Crippen molar-refractivity contribution in [3.8, 4) is 5.75 Å². The van der Waals surface area contributed by atoms with E-state index in [1.165, 1.54) is 31.4 Å². The Kier molecular flexibility index (Phi) is 7.15. The van der Waals surface area contributed by atoms with Gasteiger partial charge in [0.25, 0.3) is 0 Å². The highest BCUT2D eigenvalue weighted by molar-refractivity contribution is 7.91. The summed E-state index contributed by atoms with van der Waals surface area (Å²) in [5.41, 5.74) is -1.53. The number of methoxy groups -OCH3 is 1. The molecule has 0 radical (unpaired) electrons. The lowest BCUT2D eigenvalue weighted by molar-refractivity contribution is -0.266. The Bertz CT molecular complexity index is 1270. The van der Waals surface area contributed by atoms with Crippen LogP contribution >= 0.6 is 0 Å². The monoisotopic (exact) mass is 521 g/mol. The first-order valence-corrected chi connectivity index (χ1v) is 12.8. The summed E-state index contributed by atoms with van der Waals surface area (Å²) in [5, 5.41) is 10.9. The fourth-order valence-electron chi connectivity index (χ4n) is 3.48. The summed E-state index contributed by atoms with van der Waals surface area (Å²) >= 11 is 0. The van der Waals surface area contributed by atoms with Gasteiger partial charge in [0.05, 0.1) is 27.4 Å². The molecule has 0 unspecified atom stereocenters. The third-order valence-corrected chi connectivity index (χ3v) is 8.63. The molecule has 1 saturated heterocycles. The van der Waals surface area contributed by atoms with Crippen molar-refractivity contribution in [3.05, 3.63) is 48.0 Å². The number of hydrogen-bond acceptors (Lipinski definition) is 7. The van der Waals surface area contributed by atoms with Crippen LogP contribution in [0.15, 0.2) is 57.2 Å². The number of sulfone groups is 1. The van der Waals surface area contributed by atoms with Crippen molar-refractivity contribution in [1.29, 1.82) is 0 Å². The lowest BCUT2D eigenvalue weighted by atomic mass is 10.1. The molecule has 0 aliphatic carbocycles. The van der Waals surface area contributed by atoms with E-state index in [1.807, 2.05) is 0 Å². The molecular weight excluding hydrogens is 501 g/mol. The van der Waals surface area contributed by atoms with E-state index in [0.717, 1.165) is 4.90 Å². The van der Waals surface area contributed by atoms with Crippen LogP contribution < -0.4 is 14.6 Å². The van der Waals surface area contributed by atoms with E-state index in [2.05, 4.69) is 4.72 Å². The zero-order valence-corrected chi connectivity index (χ0v) is 19.3. The number of carboxylic acid groups (broad SMARTS) is 1. The fraction of sp³-hybridized carbons (Fsp3) is 0.350. The van der Waals surface area contributed by atoms with Crippen molar-refractivity contribution < 1.29 is 44.6 Å². The van der Waals surface area contributed by atoms with E-state index in [9.17, 15) is 39.9 Å². The van der Waals surface area contributed by atoms with E-state index >= 15 is 0 Å². The SMILES string of the molecule is COc1ccc(S(=O)(=O)c2ccc(C(F)(F)F)c(S(=O)(=O)NC3CCN(C(=O)[O-])CC3)c2)cc1. The lowest BCUT2D eigenvalue weighted by Crippen LogP contribution is -2.50. The summed E-state index contributed by atoms with van der Waals surface area (Å²) in [6.07, 6.45) is -6.49. The molecule has 0 atom stereocenters. The maximum atomic E-state index is 13.6. The standard InChI is InChI=1S/C20H21F3N2O7S2/c1-32-14-2-4-15(5-3-14)33(28,29)16-6-7-17(20(21,22)23)18(12-16)34(30,31)24-13-8-10-25(11-9-13)19(26)27/h2-7,12-13,24H,8-11H2,1H3,(H,26,27)/p-1. The van der Waals surface area contributed by atoms with Gasteiger partial charge in [-0.15, -0.1) is 0 Å². The summed E-state index contributed by atoms with van der Waals surface area (Å²) in [6, 6.07) is 5.78. The van der Waals surface area contributed by atoms with Gasteiger partial charge >= 0.3 is 6.18 Å². The average Bonchev–Trinajstić information content (AvgIpc) is 2.78. The molecule has 0 bridgehead atoms. The third kappa shape index (κ3) is 5.45. The minimum absolute atomic E-state index is 0.0123. The van der Waals surface area contributed by atoms with Crippen molar-refractivity contribution in [2.45, 2.75) is 39.7 Å². The number of rotatable bonds is 6. The molecule has 1 aliphatic rings. The number of sulfonamides is 1. The minimum atomic E-state index is -5.08. The van der Waals surface area contributed by atoms with Crippen LogP contribution in [0.2, 0.25) is 0 Å². The third-order valence-electron chi connectivity index (χ3n) is 5.30. The molecule has 1 N–H and O–H groups in total. The largest absolute Gasteiger partial charge is 0.530 e. The predicted octanol–water partition coefficient (Wildman–Crippen LogP) is 1.63. The Labute approximate surface area is 194 Å². The Morgan fingerprint density at radius 3 is 2.09 bits per heavy atom. The van der Waals surface area contributed by atoms with Gasteiger partial charge in [-0.1, -0.05) is 0 Å². The number of carbonyl (C=O) groups excluding carboxylic acids is 1. The highest BCUT2D eigenvalue weighted by atomic mass is 32.2. The van der Waals surface area contributed by atoms with Gasteiger partial charge in [0.2, 0.25) is 19.9 Å². The summed E-state index contributed by atoms with van der Waals surface area (Å²) in [4.78, 5) is 9.70. The molecule has 2 aromatic carbocycles. The van der Waals surface area contributed by atoms with Crippen LogP contribution in [0.3, 0.4) is 0 Å². The smallest absolute Gasteiger partial charge is 0.417 e. The Morgan fingerprint density at radius 1 is 1.03 bits per heavy atom. The van der Waals surface area contributed by atoms with Crippen LogP contribution in [-0.4, -0.2) is 54.1 Å². The van der Waals surface area contributed by atoms with Crippen LogP contribution in [0.5, 0.6) is 5.75 Å². The van der Waals surface area contributed by atoms with E-state index in [4.69, 9.17) is 4.74 Å². The molecule has 34 heavy (non-hydrogen) atoms. The number of nitrogens with one attached hydrogen (secondary N) is 1. The molecule has 0 aromatic heterocycles. The van der Waals surface area contributed by atoms with Crippen molar-refractivity contribution in [2.24, 2.45) is 0 Å². The molecule has 3 rings (SSSR count). The number of amides is 1. The van der Waals surface area contributed by atoms with Crippen molar-refractivity contribution >= 4 is 26.0 Å². The maximum Gasteiger partial charge on any atom is 0.417 e. The number of alkyl halides is 3. The van der Waals surface area contributed by atoms with Crippen molar-refractivity contribution in [2.75, 3.05) is 20.2 Å². The number of carbonyl (C=O) groups is 1. The van der Waals surface area contributed by atoms with Crippen LogP contribution in [0.25, 0.3) is 0 Å². The topological polar surface area (TPSA) is 133 Å². The van der Waals surface area contributed by atoms with Gasteiger partial charge in [0.15, 0.2) is 0 Å². The molecule has 14 heteroatoms. The summed E-state index contributed by atoms with van der Waals surface area (Å²) in [6.45, 7) is -0.124. The summed E-state index contributed by atoms with van der Waals surface area (Å²) in [7, 11) is -7.81. The van der Waals surface area contributed by atoms with Crippen LogP contribution in [0.1, 0.15) is 18.4 Å². The molecule has 2 aromatic rings. The normalized spacial score (nSPS) is 15.8. The maximum absolute atomic E-state index is 13.6. The van der Waals surface area contributed by atoms with Gasteiger partial charge in [-0.3, -0.25) is 0 Å². The molecule has 0 saturated carbocycles. The molecule has 0 spiro atoms. The Morgan fingerprint density at radius 2 is 1.59 bits per heavy atom. The number of ether oxygens (including phenoxy) is 1. The first kappa shape index (κ1) is 25.8. The first-order valence-electron chi connectivity index (χ1n) is 9.84. The second kappa shape index (κ2) is 9.43. The van der Waals surface area contributed by atoms with E-state index < -0.39 is 53.5 Å². The van der Waals surface area contributed by atoms with Gasteiger partial charge in [-0.05, 0) is 55.3 Å². The number of benzene rings is 2. The van der Waals surface area contributed by atoms with Crippen LogP contribution in [-0.2, 0) is 26.0 Å². The Hall–Kier alpha value is -2.84. The number of halogens is 3. The van der Waals surface area contributed by atoms with Gasteiger partial charge in [-0.25, -0.2) is 21.6 Å². The van der Waals surface area contributed by atoms with E-state index in [-0.39, 0.29) is 30.8 Å². The van der Waals surface area contributed by atoms with Gasteiger partial charge < -0.3 is 19.5 Å². The quantitative estimate of drug-likeness (QED) is 0.611. The molecule has 1 heterocycles. The molecule has 1 aliphatic heterocycles. The van der Waals surface area contributed by atoms with Crippen molar-refractivity contribution in [3.63, 3.8) is 0 Å². The zero-order chi connectivity index (χ0) is 25.3. The average molecular weight is 522 g/mol. The van der Waals surface area contributed by atoms with Gasteiger partial charge in [-0.2, -0.15) is 13.2 Å². The predicted molar refractivity (Wildman–Crippen MR) is 110 cm³/mol. The number of piperidine rings is 1. The number of hydrogen-bond donors (Lipinski definition) is 1. The molecule has 1 fully saturated rings. The summed E-state index contributed by atoms with van der Waals surface area (Å²) < 4.78 is 99.6. The second-order valence-corrected chi connectivity index (χ2v) is 11.1. The van der Waals surface area contributed by atoms with E-state index in [1.54, 1.807) is 0 Å².